The maximum atomic E-state index is 4.07. The van der Waals surface area contributed by atoms with E-state index in [0.717, 1.165) is 6.04 Å². The third-order valence-corrected chi connectivity index (χ3v) is 6.99. The molecule has 4 rings (SSSR count). The summed E-state index contributed by atoms with van der Waals surface area (Å²) in [6.07, 6.45) is 19.1. The van der Waals surface area contributed by atoms with E-state index in [2.05, 4.69) is 10.2 Å². The Morgan fingerprint density at radius 1 is 0.750 bits per heavy atom. The molecule has 0 bridgehead atoms. The van der Waals surface area contributed by atoms with Crippen molar-refractivity contribution in [1.29, 1.82) is 0 Å². The lowest BCUT2D eigenvalue weighted by molar-refractivity contribution is -0.0452. The van der Waals surface area contributed by atoms with Crippen LogP contribution in [0.25, 0.3) is 0 Å². The lowest BCUT2D eigenvalue weighted by Crippen LogP contribution is -2.71. The van der Waals surface area contributed by atoms with Gasteiger partial charge in [-0.1, -0.05) is 44.9 Å². The van der Waals surface area contributed by atoms with Gasteiger partial charge < -0.3 is 5.32 Å². The van der Waals surface area contributed by atoms with Gasteiger partial charge in [-0.05, 0) is 38.5 Å². The molecule has 114 valence electrons. The zero-order valence-corrected chi connectivity index (χ0v) is 13.1. The Hall–Kier alpha value is -0.0800. The third-order valence-electron chi connectivity index (χ3n) is 6.99. The molecular weight excluding hydrogens is 244 g/mol. The maximum absolute atomic E-state index is 4.07. The Bertz CT molecular complexity index is 333. The van der Waals surface area contributed by atoms with Gasteiger partial charge in [0.25, 0.3) is 0 Å². The van der Waals surface area contributed by atoms with E-state index in [1.807, 2.05) is 0 Å². The van der Waals surface area contributed by atoms with E-state index in [1.165, 1.54) is 96.6 Å². The zero-order valence-electron chi connectivity index (χ0n) is 13.1. The van der Waals surface area contributed by atoms with Gasteiger partial charge in [-0.3, -0.25) is 4.90 Å². The van der Waals surface area contributed by atoms with E-state index in [1.54, 1.807) is 0 Å². The molecule has 0 aromatic rings. The van der Waals surface area contributed by atoms with Crippen molar-refractivity contribution in [2.45, 2.75) is 101 Å². The number of piperazine rings is 1. The third kappa shape index (κ3) is 2.23. The molecule has 3 saturated carbocycles. The van der Waals surface area contributed by atoms with Gasteiger partial charge in [0, 0.05) is 30.2 Å². The van der Waals surface area contributed by atoms with E-state index in [4.69, 9.17) is 0 Å². The van der Waals surface area contributed by atoms with Crippen LogP contribution in [0.3, 0.4) is 0 Å². The highest BCUT2D eigenvalue weighted by Crippen LogP contribution is 2.44. The fourth-order valence-corrected chi connectivity index (χ4v) is 5.80. The molecule has 3 aliphatic carbocycles. The molecule has 0 unspecified atom stereocenters. The Balaban J connectivity index is 1.58. The van der Waals surface area contributed by atoms with Crippen LogP contribution in [0.5, 0.6) is 0 Å². The first-order valence-corrected chi connectivity index (χ1v) is 9.34. The molecule has 4 fully saturated rings. The van der Waals surface area contributed by atoms with Gasteiger partial charge in [-0.2, -0.15) is 0 Å². The number of nitrogens with one attached hydrogen (secondary N) is 1. The molecule has 1 saturated heterocycles. The molecule has 0 amide bonds. The van der Waals surface area contributed by atoms with Crippen LogP contribution < -0.4 is 5.32 Å². The van der Waals surface area contributed by atoms with Crippen LogP contribution in [0.1, 0.15) is 83.5 Å². The highest BCUT2D eigenvalue weighted by molar-refractivity contribution is 5.09. The molecule has 2 spiro atoms. The molecular formula is C18H32N2. The summed E-state index contributed by atoms with van der Waals surface area (Å²) in [6, 6.07) is 0.924. The van der Waals surface area contributed by atoms with Crippen molar-refractivity contribution in [2.24, 2.45) is 0 Å². The summed E-state index contributed by atoms with van der Waals surface area (Å²) in [5, 5.41) is 4.07. The second-order valence-corrected chi connectivity index (χ2v) is 8.19. The largest absolute Gasteiger partial charge is 0.308 e. The average Bonchev–Trinajstić information content (AvgIpc) is 3.16. The van der Waals surface area contributed by atoms with Crippen molar-refractivity contribution < 1.29 is 0 Å². The molecule has 1 N–H and O–H groups in total. The highest BCUT2D eigenvalue weighted by atomic mass is 15.3. The average molecular weight is 276 g/mol. The van der Waals surface area contributed by atoms with Crippen LogP contribution in [0.2, 0.25) is 0 Å². The van der Waals surface area contributed by atoms with E-state index in [-0.39, 0.29) is 0 Å². The van der Waals surface area contributed by atoms with Gasteiger partial charge in [0.05, 0.1) is 0 Å². The van der Waals surface area contributed by atoms with Crippen LogP contribution in [0.15, 0.2) is 0 Å². The summed E-state index contributed by atoms with van der Waals surface area (Å²) in [5.41, 5.74) is 1.05. The first-order chi connectivity index (χ1) is 9.82. The SMILES string of the molecule is C1CCC2(CC1)CNC1(CCCC1)CN2C1CCCC1. The summed E-state index contributed by atoms with van der Waals surface area (Å²) in [7, 11) is 0. The number of hydrogen-bond acceptors (Lipinski definition) is 2. The minimum absolute atomic E-state index is 0.505. The Labute approximate surface area is 124 Å². The molecule has 2 nitrogen and oxygen atoms in total. The van der Waals surface area contributed by atoms with E-state index in [0.29, 0.717) is 11.1 Å². The first kappa shape index (κ1) is 13.6. The maximum Gasteiger partial charge on any atom is 0.0337 e. The van der Waals surface area contributed by atoms with Crippen molar-refractivity contribution >= 4 is 0 Å². The lowest BCUT2D eigenvalue weighted by Gasteiger charge is -2.57. The lowest BCUT2D eigenvalue weighted by atomic mass is 9.75. The molecule has 0 atom stereocenters. The van der Waals surface area contributed by atoms with Crippen molar-refractivity contribution in [3.8, 4) is 0 Å². The minimum Gasteiger partial charge on any atom is -0.308 e. The molecule has 0 aromatic carbocycles. The molecule has 20 heavy (non-hydrogen) atoms. The summed E-state index contributed by atoms with van der Waals surface area (Å²) >= 11 is 0. The normalized spacial score (nSPS) is 34.2. The van der Waals surface area contributed by atoms with Crippen LogP contribution in [0.4, 0.5) is 0 Å². The predicted molar refractivity (Wildman–Crippen MR) is 84.0 cm³/mol. The predicted octanol–water partition coefficient (Wildman–Crippen LogP) is 3.85. The second kappa shape index (κ2) is 5.28. The Morgan fingerprint density at radius 3 is 2.10 bits per heavy atom. The molecule has 0 aromatic heterocycles. The minimum atomic E-state index is 0.505. The first-order valence-electron chi connectivity index (χ1n) is 9.34. The smallest absolute Gasteiger partial charge is 0.0337 e. The van der Waals surface area contributed by atoms with Gasteiger partial charge >= 0.3 is 0 Å². The van der Waals surface area contributed by atoms with Crippen LogP contribution in [-0.4, -0.2) is 35.1 Å². The van der Waals surface area contributed by atoms with Gasteiger partial charge in [-0.25, -0.2) is 0 Å². The zero-order chi connectivity index (χ0) is 13.5. The second-order valence-electron chi connectivity index (χ2n) is 8.19. The summed E-state index contributed by atoms with van der Waals surface area (Å²) in [5.74, 6) is 0. The van der Waals surface area contributed by atoms with Gasteiger partial charge in [0.2, 0.25) is 0 Å². The van der Waals surface area contributed by atoms with Gasteiger partial charge in [-0.15, -0.1) is 0 Å². The number of rotatable bonds is 1. The van der Waals surface area contributed by atoms with Crippen LogP contribution in [-0.2, 0) is 0 Å². The fraction of sp³-hybridized carbons (Fsp3) is 1.00. The quantitative estimate of drug-likeness (QED) is 0.782. The van der Waals surface area contributed by atoms with E-state index in [9.17, 15) is 0 Å². The molecule has 1 heterocycles. The topological polar surface area (TPSA) is 15.3 Å². The summed E-state index contributed by atoms with van der Waals surface area (Å²) < 4.78 is 0. The fourth-order valence-electron chi connectivity index (χ4n) is 5.80. The number of nitrogens with zero attached hydrogens (tertiary/aromatic N) is 1. The van der Waals surface area contributed by atoms with Crippen LogP contribution in [0, 0.1) is 0 Å². The highest BCUT2D eigenvalue weighted by Gasteiger charge is 2.50. The summed E-state index contributed by atoms with van der Waals surface area (Å²) in [4.78, 5) is 3.06. The van der Waals surface area contributed by atoms with Gasteiger partial charge in [0.15, 0.2) is 0 Å². The summed E-state index contributed by atoms with van der Waals surface area (Å²) in [6.45, 7) is 2.67. The molecule has 4 aliphatic rings. The van der Waals surface area contributed by atoms with Gasteiger partial charge in [0.1, 0.15) is 0 Å². The van der Waals surface area contributed by atoms with E-state index >= 15 is 0 Å². The standard InChI is InChI=1S/C18H32N2/c1-4-12-18(13-5-1)14-19-17(10-6-7-11-17)15-20(18)16-8-2-3-9-16/h16,19H,1-15H2. The van der Waals surface area contributed by atoms with Crippen molar-refractivity contribution in [2.75, 3.05) is 13.1 Å². The molecule has 1 aliphatic heterocycles. The Kier molecular flexibility index (Phi) is 3.58. The van der Waals surface area contributed by atoms with Crippen LogP contribution >= 0.6 is 0 Å². The Morgan fingerprint density at radius 2 is 1.40 bits per heavy atom. The monoisotopic (exact) mass is 276 g/mol. The van der Waals surface area contributed by atoms with Crippen molar-refractivity contribution in [1.82, 2.24) is 10.2 Å². The van der Waals surface area contributed by atoms with Crippen molar-refractivity contribution in [3.05, 3.63) is 0 Å². The molecule has 0 radical (unpaired) electrons. The number of hydrogen-bond donors (Lipinski definition) is 1. The van der Waals surface area contributed by atoms with Crippen molar-refractivity contribution in [3.63, 3.8) is 0 Å². The van der Waals surface area contributed by atoms with E-state index < -0.39 is 0 Å². The molecule has 2 heteroatoms.